The molecule has 1 aliphatic carbocycles. The zero-order chi connectivity index (χ0) is 16.1. The molecule has 1 aromatic heterocycles. The van der Waals surface area contributed by atoms with Crippen LogP contribution in [-0.4, -0.2) is 32.1 Å². The molecule has 6 nitrogen and oxygen atoms in total. The number of nitrogens with one attached hydrogen (secondary N) is 1. The molecule has 0 atom stereocenters. The summed E-state index contributed by atoms with van der Waals surface area (Å²) in [6.45, 7) is 0. The standard InChI is InChI=1S/C13H11FN2.C2H2O4/c14-11-3-4-13-9(5-11)1-2-10(13)6-12-7-15-8-16-12;3-1(4)2(5)6/h3-8H,1-2H2,(H,15,16);(H,3,4)(H,5,6)/b10-6-;. The number of hydrogen-bond donors (Lipinski definition) is 3. The summed E-state index contributed by atoms with van der Waals surface area (Å²) in [5.74, 6) is -3.80. The third-order valence-corrected chi connectivity index (χ3v) is 3.11. The van der Waals surface area contributed by atoms with Gasteiger partial charge in [0.1, 0.15) is 5.82 Å². The number of halogens is 1. The van der Waals surface area contributed by atoms with Gasteiger partial charge in [-0.1, -0.05) is 6.07 Å². The average molecular weight is 304 g/mol. The van der Waals surface area contributed by atoms with Crippen LogP contribution in [0, 0.1) is 5.82 Å². The molecule has 0 fully saturated rings. The number of benzene rings is 1. The number of aromatic nitrogens is 2. The van der Waals surface area contributed by atoms with Crippen molar-refractivity contribution in [3.63, 3.8) is 0 Å². The van der Waals surface area contributed by atoms with Crippen LogP contribution in [0.25, 0.3) is 11.6 Å². The van der Waals surface area contributed by atoms with Gasteiger partial charge < -0.3 is 15.2 Å². The van der Waals surface area contributed by atoms with Gasteiger partial charge in [0.25, 0.3) is 0 Å². The van der Waals surface area contributed by atoms with Crippen molar-refractivity contribution in [2.45, 2.75) is 12.8 Å². The van der Waals surface area contributed by atoms with Crippen molar-refractivity contribution in [1.82, 2.24) is 9.97 Å². The number of aryl methyl sites for hydroxylation is 1. The zero-order valence-electron chi connectivity index (χ0n) is 11.4. The third kappa shape index (κ3) is 3.78. The molecule has 0 radical (unpaired) electrons. The lowest BCUT2D eigenvalue weighted by molar-refractivity contribution is -0.159. The minimum absolute atomic E-state index is 0.151. The largest absolute Gasteiger partial charge is 0.473 e. The molecule has 0 aliphatic heterocycles. The van der Waals surface area contributed by atoms with Gasteiger partial charge in [0, 0.05) is 0 Å². The van der Waals surface area contributed by atoms with E-state index in [0.717, 1.165) is 29.7 Å². The molecule has 3 rings (SSSR count). The maximum Gasteiger partial charge on any atom is 0.414 e. The van der Waals surface area contributed by atoms with Crippen LogP contribution in [-0.2, 0) is 16.0 Å². The van der Waals surface area contributed by atoms with E-state index in [1.807, 2.05) is 6.07 Å². The molecule has 1 aromatic carbocycles. The summed E-state index contributed by atoms with van der Waals surface area (Å²) in [5.41, 5.74) is 4.51. The highest BCUT2D eigenvalue weighted by Crippen LogP contribution is 2.33. The van der Waals surface area contributed by atoms with E-state index in [-0.39, 0.29) is 5.82 Å². The van der Waals surface area contributed by atoms with Crippen molar-refractivity contribution in [1.29, 1.82) is 0 Å². The van der Waals surface area contributed by atoms with Gasteiger partial charge in [0.15, 0.2) is 0 Å². The molecule has 2 aromatic rings. The fourth-order valence-electron chi connectivity index (χ4n) is 2.17. The minimum Gasteiger partial charge on any atom is -0.473 e. The van der Waals surface area contributed by atoms with E-state index in [1.54, 1.807) is 18.6 Å². The number of carbonyl (C=O) groups is 2. The summed E-state index contributed by atoms with van der Waals surface area (Å²) in [6, 6.07) is 5.01. The van der Waals surface area contributed by atoms with Gasteiger partial charge >= 0.3 is 11.9 Å². The van der Waals surface area contributed by atoms with Crippen molar-refractivity contribution in [3.8, 4) is 0 Å². The van der Waals surface area contributed by atoms with Gasteiger partial charge in [-0.05, 0) is 47.8 Å². The van der Waals surface area contributed by atoms with E-state index in [0.29, 0.717) is 0 Å². The molecule has 114 valence electrons. The first-order valence-electron chi connectivity index (χ1n) is 6.41. The van der Waals surface area contributed by atoms with Crippen LogP contribution in [0.1, 0.15) is 23.2 Å². The molecule has 0 saturated carbocycles. The molecule has 3 N–H and O–H groups in total. The molecule has 0 bridgehead atoms. The predicted molar refractivity (Wildman–Crippen MR) is 76.5 cm³/mol. The first-order valence-corrected chi connectivity index (χ1v) is 6.41. The van der Waals surface area contributed by atoms with Crippen molar-refractivity contribution >= 4 is 23.6 Å². The van der Waals surface area contributed by atoms with Crippen LogP contribution in [0.3, 0.4) is 0 Å². The first kappa shape index (κ1) is 15.4. The molecule has 1 aliphatic rings. The molecule has 0 unspecified atom stereocenters. The summed E-state index contributed by atoms with van der Waals surface area (Å²) in [4.78, 5) is 25.2. The van der Waals surface area contributed by atoms with Crippen molar-refractivity contribution in [2.75, 3.05) is 0 Å². The van der Waals surface area contributed by atoms with E-state index in [2.05, 4.69) is 16.0 Å². The van der Waals surface area contributed by atoms with Gasteiger partial charge in [0.2, 0.25) is 0 Å². The van der Waals surface area contributed by atoms with Crippen molar-refractivity contribution in [2.24, 2.45) is 0 Å². The highest BCUT2D eigenvalue weighted by molar-refractivity contribution is 6.27. The van der Waals surface area contributed by atoms with Gasteiger partial charge in [0.05, 0.1) is 18.2 Å². The number of hydrogen-bond acceptors (Lipinski definition) is 3. The average Bonchev–Trinajstić information content (AvgIpc) is 3.10. The van der Waals surface area contributed by atoms with Gasteiger partial charge in [-0.15, -0.1) is 0 Å². The number of nitrogens with zero attached hydrogens (tertiary/aromatic N) is 1. The predicted octanol–water partition coefficient (Wildman–Crippen LogP) is 2.19. The second-order valence-electron chi connectivity index (χ2n) is 4.59. The lowest BCUT2D eigenvalue weighted by Gasteiger charge is -2.00. The molecule has 0 amide bonds. The number of aliphatic carboxylic acids is 2. The summed E-state index contributed by atoms with van der Waals surface area (Å²) < 4.78 is 13.0. The molecule has 0 spiro atoms. The fourth-order valence-corrected chi connectivity index (χ4v) is 2.17. The summed E-state index contributed by atoms with van der Waals surface area (Å²) in [6.07, 6.45) is 7.42. The number of H-pyrrole nitrogens is 1. The Kier molecular flexibility index (Phi) is 4.67. The normalized spacial score (nSPS) is 14.1. The van der Waals surface area contributed by atoms with Crippen molar-refractivity contribution in [3.05, 3.63) is 53.4 Å². The van der Waals surface area contributed by atoms with E-state index in [9.17, 15) is 4.39 Å². The van der Waals surface area contributed by atoms with Crippen LogP contribution in [0.4, 0.5) is 4.39 Å². The van der Waals surface area contributed by atoms with E-state index >= 15 is 0 Å². The number of imidazole rings is 1. The second kappa shape index (κ2) is 6.66. The first-order chi connectivity index (χ1) is 10.5. The fraction of sp³-hybridized carbons (Fsp3) is 0.133. The topological polar surface area (TPSA) is 103 Å². The highest BCUT2D eigenvalue weighted by atomic mass is 19.1. The Bertz CT molecular complexity index is 711. The van der Waals surface area contributed by atoms with E-state index in [4.69, 9.17) is 19.8 Å². The Labute approximate surface area is 124 Å². The lowest BCUT2D eigenvalue weighted by Crippen LogP contribution is -2.09. The summed E-state index contributed by atoms with van der Waals surface area (Å²) >= 11 is 0. The number of fused-ring (bicyclic) bond motifs is 1. The molecule has 22 heavy (non-hydrogen) atoms. The van der Waals surface area contributed by atoms with Crippen LogP contribution < -0.4 is 0 Å². The molecule has 1 heterocycles. The van der Waals surface area contributed by atoms with E-state index in [1.165, 1.54) is 11.6 Å². The number of carboxylic acid groups (broad SMARTS) is 2. The Hall–Kier alpha value is -2.96. The number of rotatable bonds is 1. The molecular weight excluding hydrogens is 291 g/mol. The van der Waals surface area contributed by atoms with Crippen LogP contribution >= 0.6 is 0 Å². The zero-order valence-corrected chi connectivity index (χ0v) is 11.4. The summed E-state index contributed by atoms with van der Waals surface area (Å²) in [5, 5.41) is 14.8. The molecule has 0 saturated heterocycles. The highest BCUT2D eigenvalue weighted by Gasteiger charge is 2.16. The van der Waals surface area contributed by atoms with Crippen LogP contribution in [0.2, 0.25) is 0 Å². The van der Waals surface area contributed by atoms with Gasteiger partial charge in [-0.3, -0.25) is 0 Å². The third-order valence-electron chi connectivity index (χ3n) is 3.11. The number of carboxylic acids is 2. The smallest absolute Gasteiger partial charge is 0.414 e. The Morgan fingerprint density at radius 1 is 1.23 bits per heavy atom. The lowest BCUT2D eigenvalue weighted by atomic mass is 10.1. The van der Waals surface area contributed by atoms with E-state index < -0.39 is 11.9 Å². The monoisotopic (exact) mass is 304 g/mol. The minimum atomic E-state index is -1.82. The quantitative estimate of drug-likeness (QED) is 0.701. The summed E-state index contributed by atoms with van der Waals surface area (Å²) in [7, 11) is 0. The van der Waals surface area contributed by atoms with Crippen molar-refractivity contribution < 1.29 is 24.2 Å². The SMILES string of the molecule is Fc1ccc2c(c1)CC/C2=C/c1cnc[nH]1.O=C(O)C(=O)O. The maximum atomic E-state index is 13.0. The molecular formula is C15H13FN2O4. The Balaban J connectivity index is 0.000000254. The second-order valence-corrected chi connectivity index (χ2v) is 4.59. The Morgan fingerprint density at radius 2 is 1.95 bits per heavy atom. The number of allylic oxidation sites excluding steroid dienone is 1. The molecule has 7 heteroatoms. The van der Waals surface area contributed by atoms with Gasteiger partial charge in [-0.25, -0.2) is 19.0 Å². The van der Waals surface area contributed by atoms with Gasteiger partial charge in [-0.2, -0.15) is 0 Å². The maximum absolute atomic E-state index is 13.0. The number of aromatic amines is 1. The van der Waals surface area contributed by atoms with Crippen LogP contribution in [0.15, 0.2) is 30.7 Å². The van der Waals surface area contributed by atoms with Crippen LogP contribution in [0.5, 0.6) is 0 Å². The Morgan fingerprint density at radius 3 is 2.55 bits per heavy atom.